The largest absolute Gasteiger partial charge is 0.465 e. The zero-order valence-electron chi connectivity index (χ0n) is 6.88. The average Bonchev–Trinajstić information content (AvgIpc) is 2.15. The van der Waals surface area contributed by atoms with Gasteiger partial charge in [-0.1, -0.05) is 34.2 Å². The Morgan fingerprint density at radius 1 is 1.69 bits per heavy atom. The molecule has 5 heteroatoms. The first kappa shape index (κ1) is 10.7. The van der Waals surface area contributed by atoms with Crippen LogP contribution in [0.5, 0.6) is 0 Å². The van der Waals surface area contributed by atoms with E-state index in [1.165, 1.54) is 13.2 Å². The number of rotatable bonds is 2. The molecule has 0 aromatic carbocycles. The van der Waals surface area contributed by atoms with E-state index in [-0.39, 0.29) is 0 Å². The lowest BCUT2D eigenvalue weighted by atomic mass is 10.2. The molecular formula is C8H7ClINO2. The molecule has 3 nitrogen and oxygen atoms in total. The fourth-order valence-corrected chi connectivity index (χ4v) is 1.47. The molecule has 0 aliphatic rings. The van der Waals surface area contributed by atoms with Crippen molar-refractivity contribution >= 4 is 40.2 Å². The molecule has 0 radical (unpaired) electrons. The van der Waals surface area contributed by atoms with Gasteiger partial charge in [-0.25, -0.2) is 9.78 Å². The molecule has 0 spiro atoms. The third-order valence-corrected chi connectivity index (χ3v) is 2.38. The van der Waals surface area contributed by atoms with E-state index in [1.54, 1.807) is 6.07 Å². The van der Waals surface area contributed by atoms with Crippen molar-refractivity contribution in [3.63, 3.8) is 0 Å². The predicted molar refractivity (Wildman–Crippen MR) is 58.3 cm³/mol. The van der Waals surface area contributed by atoms with Gasteiger partial charge in [0.2, 0.25) is 0 Å². The Morgan fingerprint density at radius 3 is 2.92 bits per heavy atom. The molecular weight excluding hydrogens is 304 g/mol. The van der Waals surface area contributed by atoms with Gasteiger partial charge in [0.1, 0.15) is 5.15 Å². The molecule has 1 rings (SSSR count). The smallest absolute Gasteiger partial charge is 0.338 e. The van der Waals surface area contributed by atoms with Crippen molar-refractivity contribution in [2.75, 3.05) is 7.11 Å². The summed E-state index contributed by atoms with van der Waals surface area (Å²) in [5.74, 6) is -0.393. The average molecular weight is 312 g/mol. The second-order valence-electron chi connectivity index (χ2n) is 2.30. The van der Waals surface area contributed by atoms with Crippen LogP contribution in [0.25, 0.3) is 0 Å². The standard InChI is InChI=1S/C8H7ClINO2/c1-13-8(12)5-2-6(4-10)11-7(9)3-5/h2-3H,4H2,1H3. The molecule has 0 aliphatic carbocycles. The number of hydrogen-bond donors (Lipinski definition) is 0. The lowest BCUT2D eigenvalue weighted by Gasteiger charge is -2.01. The number of hydrogen-bond acceptors (Lipinski definition) is 3. The number of carbonyl (C=O) groups excluding carboxylic acids is 1. The van der Waals surface area contributed by atoms with Crippen molar-refractivity contribution in [1.82, 2.24) is 4.98 Å². The van der Waals surface area contributed by atoms with Crippen LogP contribution >= 0.6 is 34.2 Å². The third-order valence-electron chi connectivity index (χ3n) is 1.41. The van der Waals surface area contributed by atoms with Crippen LogP contribution in [0.3, 0.4) is 0 Å². The number of methoxy groups -OCH3 is 1. The van der Waals surface area contributed by atoms with Crippen molar-refractivity contribution in [3.05, 3.63) is 28.5 Å². The molecule has 1 aromatic rings. The Morgan fingerprint density at radius 2 is 2.38 bits per heavy atom. The third kappa shape index (κ3) is 2.80. The summed E-state index contributed by atoms with van der Waals surface area (Å²) in [6, 6.07) is 3.16. The van der Waals surface area contributed by atoms with Crippen LogP contribution in [0.4, 0.5) is 0 Å². The summed E-state index contributed by atoms with van der Waals surface area (Å²) in [6.45, 7) is 0. The Labute approximate surface area is 94.6 Å². The topological polar surface area (TPSA) is 39.2 Å². The van der Waals surface area contributed by atoms with E-state index < -0.39 is 5.97 Å². The van der Waals surface area contributed by atoms with E-state index in [0.29, 0.717) is 15.1 Å². The first-order valence-electron chi connectivity index (χ1n) is 3.48. The van der Waals surface area contributed by atoms with E-state index in [9.17, 15) is 4.79 Å². The van der Waals surface area contributed by atoms with Gasteiger partial charge in [0.25, 0.3) is 0 Å². The maximum atomic E-state index is 11.1. The number of nitrogens with zero attached hydrogens (tertiary/aromatic N) is 1. The summed E-state index contributed by atoms with van der Waals surface area (Å²) in [6.07, 6.45) is 0. The van der Waals surface area contributed by atoms with Crippen molar-refractivity contribution in [3.8, 4) is 0 Å². The molecule has 0 fully saturated rings. The lowest BCUT2D eigenvalue weighted by Crippen LogP contribution is -2.02. The maximum absolute atomic E-state index is 11.1. The lowest BCUT2D eigenvalue weighted by molar-refractivity contribution is 0.0600. The zero-order chi connectivity index (χ0) is 9.84. The molecule has 1 heterocycles. The first-order chi connectivity index (χ1) is 6.17. The van der Waals surface area contributed by atoms with Gasteiger partial charge >= 0.3 is 5.97 Å². The molecule has 0 atom stereocenters. The van der Waals surface area contributed by atoms with E-state index >= 15 is 0 Å². The van der Waals surface area contributed by atoms with Crippen LogP contribution in [0, 0.1) is 0 Å². The Bertz CT molecular complexity index is 330. The van der Waals surface area contributed by atoms with Gasteiger partial charge in [-0.3, -0.25) is 0 Å². The number of ether oxygens (including phenoxy) is 1. The van der Waals surface area contributed by atoms with Crippen LogP contribution in [0.1, 0.15) is 16.1 Å². The minimum absolute atomic E-state index is 0.314. The molecule has 1 aromatic heterocycles. The maximum Gasteiger partial charge on any atom is 0.338 e. The van der Waals surface area contributed by atoms with Gasteiger partial charge in [-0.2, -0.15) is 0 Å². The van der Waals surface area contributed by atoms with E-state index in [2.05, 4.69) is 32.3 Å². The second kappa shape index (κ2) is 4.76. The van der Waals surface area contributed by atoms with Gasteiger partial charge in [-0.05, 0) is 12.1 Å². The number of carbonyl (C=O) groups is 1. The van der Waals surface area contributed by atoms with Crippen LogP contribution in [0.2, 0.25) is 5.15 Å². The van der Waals surface area contributed by atoms with Crippen LogP contribution in [-0.2, 0) is 9.16 Å². The number of aromatic nitrogens is 1. The summed E-state index contributed by atoms with van der Waals surface area (Å²) in [4.78, 5) is 15.1. The molecule has 13 heavy (non-hydrogen) atoms. The number of esters is 1. The molecule has 0 saturated heterocycles. The summed E-state index contributed by atoms with van der Waals surface area (Å²) in [7, 11) is 1.33. The van der Waals surface area contributed by atoms with Crippen LogP contribution in [0.15, 0.2) is 12.1 Å². The van der Waals surface area contributed by atoms with Crippen LogP contribution in [-0.4, -0.2) is 18.1 Å². The molecule has 0 bridgehead atoms. The quantitative estimate of drug-likeness (QED) is 0.364. The number of alkyl halides is 1. The summed E-state index contributed by atoms with van der Waals surface area (Å²) in [5.41, 5.74) is 1.21. The van der Waals surface area contributed by atoms with Crippen molar-refractivity contribution < 1.29 is 9.53 Å². The fourth-order valence-electron chi connectivity index (χ4n) is 0.855. The van der Waals surface area contributed by atoms with Gasteiger partial charge in [0.05, 0.1) is 18.4 Å². The summed E-state index contributed by atoms with van der Waals surface area (Å²) >= 11 is 7.86. The van der Waals surface area contributed by atoms with Gasteiger partial charge in [0.15, 0.2) is 0 Å². The zero-order valence-corrected chi connectivity index (χ0v) is 9.79. The molecule has 70 valence electrons. The van der Waals surface area contributed by atoms with Crippen molar-refractivity contribution in [1.29, 1.82) is 0 Å². The monoisotopic (exact) mass is 311 g/mol. The first-order valence-corrected chi connectivity index (χ1v) is 5.38. The predicted octanol–water partition coefficient (Wildman–Crippen LogP) is 2.46. The highest BCUT2D eigenvalue weighted by Crippen LogP contribution is 2.13. The van der Waals surface area contributed by atoms with E-state index in [4.69, 9.17) is 11.6 Å². The van der Waals surface area contributed by atoms with Gasteiger partial charge < -0.3 is 4.74 Å². The minimum atomic E-state index is -0.393. The highest BCUT2D eigenvalue weighted by molar-refractivity contribution is 14.1. The Kier molecular flexibility index (Phi) is 3.92. The minimum Gasteiger partial charge on any atom is -0.465 e. The van der Waals surface area contributed by atoms with Gasteiger partial charge in [0, 0.05) is 4.43 Å². The fraction of sp³-hybridized carbons (Fsp3) is 0.250. The highest BCUT2D eigenvalue weighted by Gasteiger charge is 2.08. The van der Waals surface area contributed by atoms with E-state index in [1.807, 2.05) is 0 Å². The molecule has 0 saturated carbocycles. The van der Waals surface area contributed by atoms with Crippen LogP contribution < -0.4 is 0 Å². The number of halogens is 2. The van der Waals surface area contributed by atoms with E-state index in [0.717, 1.165) is 5.69 Å². The molecule has 0 unspecified atom stereocenters. The highest BCUT2D eigenvalue weighted by atomic mass is 127. The van der Waals surface area contributed by atoms with Gasteiger partial charge in [-0.15, -0.1) is 0 Å². The molecule has 0 amide bonds. The SMILES string of the molecule is COC(=O)c1cc(Cl)nc(CI)c1. The molecule has 0 aliphatic heterocycles. The second-order valence-corrected chi connectivity index (χ2v) is 3.45. The Hall–Kier alpha value is -0.360. The normalized spacial score (nSPS) is 9.77. The van der Waals surface area contributed by atoms with Crippen molar-refractivity contribution in [2.45, 2.75) is 4.43 Å². The van der Waals surface area contributed by atoms with Crippen molar-refractivity contribution in [2.24, 2.45) is 0 Å². The summed E-state index contributed by atoms with van der Waals surface area (Å²) in [5, 5.41) is 0.314. The number of pyridine rings is 1. The Balaban J connectivity index is 3.08. The summed E-state index contributed by atoms with van der Waals surface area (Å²) < 4.78 is 5.27. The molecule has 0 N–H and O–H groups in total.